The van der Waals surface area contributed by atoms with Crippen LogP contribution in [-0.2, 0) is 29.0 Å². The zero-order valence-electron chi connectivity index (χ0n) is 14.7. The van der Waals surface area contributed by atoms with Crippen LogP contribution in [0.3, 0.4) is 0 Å². The third-order valence-corrected chi connectivity index (χ3v) is 5.19. The number of amides is 1. The minimum atomic E-state index is -0.422. The van der Waals surface area contributed by atoms with Gasteiger partial charge in [-0.2, -0.15) is 0 Å². The molecular weight excluding hydrogens is 331 g/mol. The third-order valence-electron chi connectivity index (χ3n) is 5.19. The molecule has 1 saturated heterocycles. The maximum Gasteiger partial charge on any atom is 0.253 e. The largest absolute Gasteiger partial charge is 0.366 e. The molecule has 4 nitrogen and oxygen atoms in total. The summed E-state index contributed by atoms with van der Waals surface area (Å²) >= 11 is 0. The molecule has 0 saturated carbocycles. The lowest BCUT2D eigenvalue weighted by atomic mass is 9.99. The van der Waals surface area contributed by atoms with Crippen molar-refractivity contribution in [3.63, 3.8) is 0 Å². The molecule has 0 aromatic heterocycles. The van der Waals surface area contributed by atoms with Gasteiger partial charge in [-0.25, -0.2) is 4.39 Å². The molecular formula is C21H23FN2O2. The molecule has 0 N–H and O–H groups in total. The Bertz CT molecular complexity index is 778. The zero-order valence-corrected chi connectivity index (χ0v) is 14.7. The SMILES string of the molecule is O=C(C1CN(Cc2ccc(F)cc2)CCO1)N1CCc2ccccc2C1. The van der Waals surface area contributed by atoms with Crippen molar-refractivity contribution in [2.24, 2.45) is 0 Å². The highest BCUT2D eigenvalue weighted by molar-refractivity contribution is 5.81. The lowest BCUT2D eigenvalue weighted by Crippen LogP contribution is -2.51. The number of carbonyl (C=O) groups is 1. The van der Waals surface area contributed by atoms with Crippen molar-refractivity contribution in [2.75, 3.05) is 26.2 Å². The van der Waals surface area contributed by atoms with Crippen LogP contribution in [0, 0.1) is 5.82 Å². The van der Waals surface area contributed by atoms with Crippen molar-refractivity contribution >= 4 is 5.91 Å². The van der Waals surface area contributed by atoms with Crippen LogP contribution in [0.4, 0.5) is 4.39 Å². The van der Waals surface area contributed by atoms with Gasteiger partial charge in [0.1, 0.15) is 11.9 Å². The van der Waals surface area contributed by atoms with E-state index in [0.717, 1.165) is 25.1 Å². The smallest absolute Gasteiger partial charge is 0.253 e. The van der Waals surface area contributed by atoms with E-state index in [1.807, 2.05) is 17.0 Å². The number of hydrogen-bond donors (Lipinski definition) is 0. The summed E-state index contributed by atoms with van der Waals surface area (Å²) in [7, 11) is 0. The van der Waals surface area contributed by atoms with Gasteiger partial charge in [0.05, 0.1) is 6.61 Å². The van der Waals surface area contributed by atoms with E-state index in [4.69, 9.17) is 4.74 Å². The fourth-order valence-corrected chi connectivity index (χ4v) is 3.73. The predicted octanol–water partition coefficient (Wildman–Crippen LogP) is 2.61. The Morgan fingerprint density at radius 1 is 1.08 bits per heavy atom. The van der Waals surface area contributed by atoms with Gasteiger partial charge < -0.3 is 9.64 Å². The molecule has 0 bridgehead atoms. The van der Waals surface area contributed by atoms with E-state index < -0.39 is 6.10 Å². The van der Waals surface area contributed by atoms with Crippen molar-refractivity contribution in [1.82, 2.24) is 9.80 Å². The van der Waals surface area contributed by atoms with E-state index in [2.05, 4.69) is 17.0 Å². The average Bonchev–Trinajstić information content (AvgIpc) is 2.69. The van der Waals surface area contributed by atoms with Crippen molar-refractivity contribution in [1.29, 1.82) is 0 Å². The fourth-order valence-electron chi connectivity index (χ4n) is 3.73. The maximum atomic E-state index is 13.1. The maximum absolute atomic E-state index is 13.1. The first kappa shape index (κ1) is 17.2. The van der Waals surface area contributed by atoms with Crippen LogP contribution in [0.1, 0.15) is 16.7 Å². The first-order valence-electron chi connectivity index (χ1n) is 9.13. The van der Waals surface area contributed by atoms with Gasteiger partial charge in [0.15, 0.2) is 0 Å². The number of carbonyl (C=O) groups excluding carboxylic acids is 1. The van der Waals surface area contributed by atoms with E-state index in [1.54, 1.807) is 12.1 Å². The Balaban J connectivity index is 1.38. The molecule has 5 heteroatoms. The van der Waals surface area contributed by atoms with Gasteiger partial charge in [-0.3, -0.25) is 9.69 Å². The average molecular weight is 354 g/mol. The molecule has 26 heavy (non-hydrogen) atoms. The Labute approximate surface area is 153 Å². The highest BCUT2D eigenvalue weighted by Crippen LogP contribution is 2.21. The second kappa shape index (κ2) is 7.56. The van der Waals surface area contributed by atoms with Crippen LogP contribution >= 0.6 is 0 Å². The van der Waals surface area contributed by atoms with Crippen LogP contribution in [0.2, 0.25) is 0 Å². The number of nitrogens with zero attached hydrogens (tertiary/aromatic N) is 2. The van der Waals surface area contributed by atoms with Gasteiger partial charge in [0.2, 0.25) is 0 Å². The quantitative estimate of drug-likeness (QED) is 0.849. The Morgan fingerprint density at radius 3 is 2.65 bits per heavy atom. The molecule has 4 rings (SSSR count). The molecule has 2 heterocycles. The van der Waals surface area contributed by atoms with Crippen LogP contribution < -0.4 is 0 Å². The van der Waals surface area contributed by atoms with E-state index in [0.29, 0.717) is 26.2 Å². The molecule has 0 radical (unpaired) electrons. The standard InChI is InChI=1S/C21H23FN2O2/c22-19-7-5-16(6-8-19)13-23-11-12-26-20(15-23)21(25)24-10-9-17-3-1-2-4-18(17)14-24/h1-8,20H,9-15H2. The first-order chi connectivity index (χ1) is 12.7. The predicted molar refractivity (Wildman–Crippen MR) is 97.0 cm³/mol. The summed E-state index contributed by atoms with van der Waals surface area (Å²) in [6, 6.07) is 14.8. The Morgan fingerprint density at radius 2 is 1.85 bits per heavy atom. The molecule has 2 aliphatic heterocycles. The second-order valence-electron chi connectivity index (χ2n) is 7.00. The van der Waals surface area contributed by atoms with Crippen molar-refractivity contribution in [3.8, 4) is 0 Å². The van der Waals surface area contributed by atoms with E-state index in [-0.39, 0.29) is 11.7 Å². The zero-order chi connectivity index (χ0) is 17.9. The summed E-state index contributed by atoms with van der Waals surface area (Å²) in [5.41, 5.74) is 3.61. The molecule has 1 atom stereocenters. The highest BCUT2D eigenvalue weighted by atomic mass is 19.1. The van der Waals surface area contributed by atoms with Gasteiger partial charge >= 0.3 is 0 Å². The van der Waals surface area contributed by atoms with E-state index in [1.165, 1.54) is 23.3 Å². The molecule has 0 aliphatic carbocycles. The third kappa shape index (κ3) is 3.79. The summed E-state index contributed by atoms with van der Waals surface area (Å²) < 4.78 is 18.8. The van der Waals surface area contributed by atoms with E-state index >= 15 is 0 Å². The number of ether oxygens (including phenoxy) is 1. The molecule has 2 aliphatic rings. The van der Waals surface area contributed by atoms with Gasteiger partial charge in [0, 0.05) is 32.7 Å². The number of halogens is 1. The molecule has 1 fully saturated rings. The topological polar surface area (TPSA) is 32.8 Å². The number of morpholine rings is 1. The van der Waals surface area contributed by atoms with Crippen LogP contribution in [0.5, 0.6) is 0 Å². The summed E-state index contributed by atoms with van der Waals surface area (Å²) in [6.45, 7) is 4.01. The van der Waals surface area contributed by atoms with Crippen molar-refractivity contribution in [3.05, 3.63) is 71.0 Å². The summed E-state index contributed by atoms with van der Waals surface area (Å²) in [5.74, 6) is -0.155. The number of rotatable bonds is 3. The molecule has 2 aromatic rings. The van der Waals surface area contributed by atoms with Crippen molar-refractivity contribution < 1.29 is 13.9 Å². The fraction of sp³-hybridized carbons (Fsp3) is 0.381. The monoisotopic (exact) mass is 354 g/mol. The van der Waals surface area contributed by atoms with Crippen LogP contribution in [-0.4, -0.2) is 48.1 Å². The van der Waals surface area contributed by atoms with Crippen molar-refractivity contribution in [2.45, 2.75) is 25.6 Å². The minimum absolute atomic E-state index is 0.0725. The number of fused-ring (bicyclic) bond motifs is 1. The van der Waals surface area contributed by atoms with Crippen LogP contribution in [0.15, 0.2) is 48.5 Å². The molecule has 136 valence electrons. The van der Waals surface area contributed by atoms with E-state index in [9.17, 15) is 9.18 Å². The first-order valence-corrected chi connectivity index (χ1v) is 9.13. The lowest BCUT2D eigenvalue weighted by Gasteiger charge is -2.36. The normalized spacial score (nSPS) is 20.7. The summed E-state index contributed by atoms with van der Waals surface area (Å²) in [5, 5.41) is 0. The highest BCUT2D eigenvalue weighted by Gasteiger charge is 2.31. The number of benzene rings is 2. The summed E-state index contributed by atoms with van der Waals surface area (Å²) in [6.07, 6.45) is 0.475. The molecule has 1 unspecified atom stereocenters. The Kier molecular flexibility index (Phi) is 5.00. The molecule has 2 aromatic carbocycles. The van der Waals surface area contributed by atoms with Gasteiger partial charge in [-0.05, 0) is 35.2 Å². The summed E-state index contributed by atoms with van der Waals surface area (Å²) in [4.78, 5) is 17.0. The van der Waals surface area contributed by atoms with Gasteiger partial charge in [-0.1, -0.05) is 36.4 Å². The van der Waals surface area contributed by atoms with Crippen LogP contribution in [0.25, 0.3) is 0 Å². The lowest BCUT2D eigenvalue weighted by molar-refractivity contribution is -0.150. The van der Waals surface area contributed by atoms with Gasteiger partial charge in [0.25, 0.3) is 5.91 Å². The van der Waals surface area contributed by atoms with Gasteiger partial charge in [-0.15, -0.1) is 0 Å². The minimum Gasteiger partial charge on any atom is -0.366 e. The molecule has 1 amide bonds. The molecule has 0 spiro atoms. The second-order valence-corrected chi connectivity index (χ2v) is 7.00. The number of hydrogen-bond acceptors (Lipinski definition) is 3. The Hall–Kier alpha value is -2.24.